The number of hydrogen-bond donors (Lipinski definition) is 0. The van der Waals surface area contributed by atoms with Crippen LogP contribution in [0.25, 0.3) is 0 Å². The Morgan fingerprint density at radius 2 is 1.57 bits per heavy atom. The Kier molecular flexibility index (Phi) is 4.68. The Morgan fingerprint density at radius 1 is 1.05 bits per heavy atom. The van der Waals surface area contributed by atoms with Crippen molar-refractivity contribution in [3.63, 3.8) is 0 Å². The van der Waals surface area contributed by atoms with E-state index in [0.717, 1.165) is 18.4 Å². The standard InChI is InChI=1S/C16H28Cl2O2Si/c1-12(2)13(17)15(18)14(10-8-7-9-11-14)16(15,19-3)20-21(4,5)6/h7-11H2,1-6H3. The summed E-state index contributed by atoms with van der Waals surface area (Å²) in [5.74, 6) is -0.763. The molecule has 0 aliphatic heterocycles. The summed E-state index contributed by atoms with van der Waals surface area (Å²) in [6.45, 7) is 10.6. The largest absolute Gasteiger partial charge is 0.389 e. The molecule has 0 N–H and O–H groups in total. The van der Waals surface area contributed by atoms with E-state index >= 15 is 0 Å². The van der Waals surface area contributed by atoms with Crippen molar-refractivity contribution in [1.29, 1.82) is 0 Å². The number of alkyl halides is 1. The molecule has 2 nitrogen and oxygen atoms in total. The third kappa shape index (κ3) is 2.35. The zero-order valence-electron chi connectivity index (χ0n) is 14.1. The van der Waals surface area contributed by atoms with Gasteiger partial charge in [0.05, 0.1) is 5.41 Å². The molecule has 2 unspecified atom stereocenters. The SMILES string of the molecule is COC1(O[Si](C)(C)C)C2(CCCCC2)C1(Cl)C(Cl)=C(C)C. The fourth-order valence-corrected chi connectivity index (χ4v) is 6.50. The number of halogens is 2. The predicted octanol–water partition coefficient (Wildman–Crippen LogP) is 5.66. The van der Waals surface area contributed by atoms with Gasteiger partial charge in [0, 0.05) is 12.1 Å². The lowest BCUT2D eigenvalue weighted by Crippen LogP contribution is -2.41. The topological polar surface area (TPSA) is 18.5 Å². The smallest absolute Gasteiger partial charge is 0.191 e. The average Bonchev–Trinajstić information content (AvgIpc) is 2.82. The van der Waals surface area contributed by atoms with Crippen molar-refractivity contribution in [2.75, 3.05) is 7.11 Å². The first-order chi connectivity index (χ1) is 9.58. The van der Waals surface area contributed by atoms with Crippen LogP contribution in [0.1, 0.15) is 46.0 Å². The van der Waals surface area contributed by atoms with Gasteiger partial charge in [-0.05, 0) is 46.3 Å². The van der Waals surface area contributed by atoms with Gasteiger partial charge < -0.3 is 9.16 Å². The van der Waals surface area contributed by atoms with Crippen LogP contribution in [-0.4, -0.2) is 26.1 Å². The monoisotopic (exact) mass is 350 g/mol. The molecule has 0 amide bonds. The van der Waals surface area contributed by atoms with E-state index in [1.165, 1.54) is 19.3 Å². The van der Waals surface area contributed by atoms with Crippen LogP contribution in [0.3, 0.4) is 0 Å². The Balaban J connectivity index is 2.53. The van der Waals surface area contributed by atoms with E-state index < -0.39 is 19.0 Å². The molecule has 2 aliphatic carbocycles. The minimum absolute atomic E-state index is 0.177. The van der Waals surface area contributed by atoms with Crippen molar-refractivity contribution in [1.82, 2.24) is 0 Å². The second-order valence-electron chi connectivity index (χ2n) is 7.65. The molecule has 0 aromatic carbocycles. The summed E-state index contributed by atoms with van der Waals surface area (Å²) >= 11 is 13.8. The second kappa shape index (κ2) is 5.52. The summed E-state index contributed by atoms with van der Waals surface area (Å²) in [5.41, 5.74) is 0.873. The first-order valence-electron chi connectivity index (χ1n) is 7.86. The van der Waals surface area contributed by atoms with E-state index in [2.05, 4.69) is 19.6 Å². The maximum atomic E-state index is 7.14. The second-order valence-corrected chi connectivity index (χ2v) is 13.0. The lowest BCUT2D eigenvalue weighted by Gasteiger charge is -2.32. The van der Waals surface area contributed by atoms with Gasteiger partial charge in [0.2, 0.25) is 0 Å². The highest BCUT2D eigenvalue weighted by Crippen LogP contribution is 2.80. The Hall–Kier alpha value is 0.457. The van der Waals surface area contributed by atoms with Gasteiger partial charge in [0.25, 0.3) is 0 Å². The van der Waals surface area contributed by atoms with E-state index in [0.29, 0.717) is 5.03 Å². The highest BCUT2D eigenvalue weighted by atomic mass is 35.5. The Bertz CT molecular complexity index is 448. The molecule has 122 valence electrons. The Labute approximate surface area is 140 Å². The quantitative estimate of drug-likeness (QED) is 0.370. The maximum Gasteiger partial charge on any atom is 0.191 e. The minimum Gasteiger partial charge on any atom is -0.389 e. The van der Waals surface area contributed by atoms with Crippen molar-refractivity contribution in [2.24, 2.45) is 5.41 Å². The van der Waals surface area contributed by atoms with Crippen LogP contribution in [0.2, 0.25) is 19.6 Å². The van der Waals surface area contributed by atoms with Gasteiger partial charge in [-0.1, -0.05) is 36.4 Å². The molecule has 2 aliphatic rings. The number of hydrogen-bond acceptors (Lipinski definition) is 2. The van der Waals surface area contributed by atoms with Crippen LogP contribution in [-0.2, 0) is 9.16 Å². The molecule has 5 heteroatoms. The number of methoxy groups -OCH3 is 1. The summed E-state index contributed by atoms with van der Waals surface area (Å²) < 4.78 is 12.5. The molecule has 2 rings (SSSR count). The van der Waals surface area contributed by atoms with E-state index in [1.807, 2.05) is 13.8 Å². The van der Waals surface area contributed by atoms with Crippen LogP contribution in [0.15, 0.2) is 10.6 Å². The van der Waals surface area contributed by atoms with Gasteiger partial charge in [0.15, 0.2) is 14.1 Å². The zero-order chi connectivity index (χ0) is 16.1. The molecule has 0 radical (unpaired) electrons. The fourth-order valence-electron chi connectivity index (χ4n) is 4.09. The van der Waals surface area contributed by atoms with E-state index in [9.17, 15) is 0 Å². The highest BCUT2D eigenvalue weighted by Gasteiger charge is 2.90. The van der Waals surface area contributed by atoms with Crippen LogP contribution >= 0.6 is 23.2 Å². The van der Waals surface area contributed by atoms with E-state index in [4.69, 9.17) is 32.4 Å². The van der Waals surface area contributed by atoms with Crippen molar-refractivity contribution in [3.05, 3.63) is 10.6 Å². The molecule has 0 heterocycles. The molecule has 0 aromatic rings. The summed E-state index contributed by atoms with van der Waals surface area (Å²) in [6, 6.07) is 0. The molecule has 2 saturated carbocycles. The van der Waals surface area contributed by atoms with Crippen LogP contribution in [0, 0.1) is 5.41 Å². The number of allylic oxidation sites excluding steroid dienone is 1. The first-order valence-corrected chi connectivity index (χ1v) is 12.0. The third-order valence-electron chi connectivity index (χ3n) is 4.87. The van der Waals surface area contributed by atoms with Gasteiger partial charge in [-0.15, -0.1) is 11.6 Å². The van der Waals surface area contributed by atoms with Crippen molar-refractivity contribution in [3.8, 4) is 0 Å². The van der Waals surface area contributed by atoms with Crippen LogP contribution in [0.4, 0.5) is 0 Å². The molecular formula is C16H28Cl2O2Si. The lowest BCUT2D eigenvalue weighted by atomic mass is 9.83. The number of ether oxygens (including phenoxy) is 1. The summed E-state index contributed by atoms with van der Waals surface area (Å²) in [6.07, 6.45) is 5.65. The van der Waals surface area contributed by atoms with Crippen LogP contribution < -0.4 is 0 Å². The zero-order valence-corrected chi connectivity index (χ0v) is 16.6. The molecular weight excluding hydrogens is 323 g/mol. The van der Waals surface area contributed by atoms with Gasteiger partial charge >= 0.3 is 0 Å². The van der Waals surface area contributed by atoms with Crippen LogP contribution in [0.5, 0.6) is 0 Å². The molecule has 2 fully saturated rings. The maximum absolute atomic E-state index is 7.14. The summed E-state index contributed by atoms with van der Waals surface area (Å²) in [4.78, 5) is -0.726. The van der Waals surface area contributed by atoms with E-state index in [1.54, 1.807) is 7.11 Å². The molecule has 2 atom stereocenters. The fraction of sp³-hybridized carbons (Fsp3) is 0.875. The minimum atomic E-state index is -1.82. The van der Waals surface area contributed by atoms with Gasteiger partial charge in [-0.3, -0.25) is 0 Å². The normalized spacial score (nSPS) is 34.9. The van der Waals surface area contributed by atoms with Crippen molar-refractivity contribution in [2.45, 2.75) is 76.3 Å². The molecule has 0 bridgehead atoms. The molecule has 0 saturated heterocycles. The number of rotatable bonds is 4. The summed E-state index contributed by atoms with van der Waals surface area (Å²) in [5, 5.41) is 0.714. The van der Waals surface area contributed by atoms with Gasteiger partial charge in [0.1, 0.15) is 4.87 Å². The lowest BCUT2D eigenvalue weighted by molar-refractivity contribution is -0.125. The average molecular weight is 351 g/mol. The molecule has 1 spiro atoms. The Morgan fingerprint density at radius 3 is 1.95 bits per heavy atom. The van der Waals surface area contributed by atoms with E-state index in [-0.39, 0.29) is 5.41 Å². The third-order valence-corrected chi connectivity index (χ3v) is 7.32. The first kappa shape index (κ1) is 17.8. The highest BCUT2D eigenvalue weighted by molar-refractivity contribution is 6.70. The summed E-state index contributed by atoms with van der Waals surface area (Å²) in [7, 11) is -0.103. The van der Waals surface area contributed by atoms with Crippen molar-refractivity contribution < 1.29 is 9.16 Å². The van der Waals surface area contributed by atoms with Gasteiger partial charge in [-0.25, -0.2) is 0 Å². The van der Waals surface area contributed by atoms with Gasteiger partial charge in [-0.2, -0.15) is 0 Å². The molecule has 21 heavy (non-hydrogen) atoms. The predicted molar refractivity (Wildman–Crippen MR) is 92.5 cm³/mol. The van der Waals surface area contributed by atoms with Crippen molar-refractivity contribution >= 4 is 31.5 Å². The molecule has 0 aromatic heterocycles.